The summed E-state index contributed by atoms with van der Waals surface area (Å²) >= 11 is 6.10. The maximum Gasteiger partial charge on any atom is 0.0471 e. The zero-order valence-electron chi connectivity index (χ0n) is 9.46. The molecule has 15 heavy (non-hydrogen) atoms. The number of halogens is 1. The Balaban J connectivity index is 2.56. The van der Waals surface area contributed by atoms with Crippen molar-refractivity contribution in [3.8, 4) is 0 Å². The second-order valence-electron chi connectivity index (χ2n) is 3.94. The SMILES string of the molecule is CCCCN(C)Cc1ccc(N)cc1Cl. The van der Waals surface area contributed by atoms with Gasteiger partial charge in [-0.15, -0.1) is 0 Å². The zero-order chi connectivity index (χ0) is 11.3. The molecule has 0 aliphatic carbocycles. The highest BCUT2D eigenvalue weighted by atomic mass is 35.5. The number of rotatable bonds is 5. The van der Waals surface area contributed by atoms with Crippen LogP contribution in [0.3, 0.4) is 0 Å². The van der Waals surface area contributed by atoms with Crippen LogP contribution in [-0.4, -0.2) is 18.5 Å². The average Bonchev–Trinajstić information content (AvgIpc) is 2.19. The molecule has 0 heterocycles. The van der Waals surface area contributed by atoms with Crippen molar-refractivity contribution in [1.82, 2.24) is 4.90 Å². The van der Waals surface area contributed by atoms with Crippen molar-refractivity contribution in [2.45, 2.75) is 26.3 Å². The van der Waals surface area contributed by atoms with Gasteiger partial charge in [0, 0.05) is 17.3 Å². The summed E-state index contributed by atoms with van der Waals surface area (Å²) < 4.78 is 0. The van der Waals surface area contributed by atoms with Gasteiger partial charge in [-0.1, -0.05) is 31.0 Å². The largest absolute Gasteiger partial charge is 0.399 e. The monoisotopic (exact) mass is 226 g/mol. The molecule has 0 aromatic heterocycles. The first-order chi connectivity index (χ1) is 7.13. The fraction of sp³-hybridized carbons (Fsp3) is 0.500. The molecule has 2 nitrogen and oxygen atoms in total. The van der Waals surface area contributed by atoms with E-state index in [0.717, 1.165) is 29.4 Å². The number of unbranched alkanes of at least 4 members (excludes halogenated alkanes) is 1. The normalized spacial score (nSPS) is 10.9. The third-order valence-corrected chi connectivity index (χ3v) is 2.76. The Labute approximate surface area is 97.0 Å². The van der Waals surface area contributed by atoms with Gasteiger partial charge in [-0.25, -0.2) is 0 Å². The van der Waals surface area contributed by atoms with Crippen molar-refractivity contribution in [1.29, 1.82) is 0 Å². The predicted molar refractivity (Wildman–Crippen MR) is 67.1 cm³/mol. The summed E-state index contributed by atoms with van der Waals surface area (Å²) in [5, 5.41) is 0.762. The number of hydrogen-bond donors (Lipinski definition) is 1. The van der Waals surface area contributed by atoms with Crippen LogP contribution in [0.15, 0.2) is 18.2 Å². The summed E-state index contributed by atoms with van der Waals surface area (Å²) in [7, 11) is 2.11. The molecule has 0 unspecified atom stereocenters. The van der Waals surface area contributed by atoms with Gasteiger partial charge in [-0.05, 0) is 37.7 Å². The Kier molecular flexibility index (Phi) is 4.92. The van der Waals surface area contributed by atoms with E-state index >= 15 is 0 Å². The molecule has 0 bridgehead atoms. The van der Waals surface area contributed by atoms with E-state index < -0.39 is 0 Å². The van der Waals surface area contributed by atoms with Gasteiger partial charge in [0.1, 0.15) is 0 Å². The van der Waals surface area contributed by atoms with Gasteiger partial charge in [0.15, 0.2) is 0 Å². The minimum atomic E-state index is 0.722. The van der Waals surface area contributed by atoms with E-state index in [1.807, 2.05) is 18.2 Å². The van der Waals surface area contributed by atoms with Crippen LogP contribution in [-0.2, 0) is 6.54 Å². The summed E-state index contributed by atoms with van der Waals surface area (Å²) in [5.74, 6) is 0. The lowest BCUT2D eigenvalue weighted by Gasteiger charge is -2.17. The van der Waals surface area contributed by atoms with Gasteiger partial charge in [-0.2, -0.15) is 0 Å². The molecular weight excluding hydrogens is 208 g/mol. The maximum atomic E-state index is 6.10. The molecule has 1 rings (SSSR count). The molecule has 0 atom stereocenters. The number of nitrogen functional groups attached to an aromatic ring is 1. The highest BCUT2D eigenvalue weighted by Crippen LogP contribution is 2.20. The highest BCUT2D eigenvalue weighted by molar-refractivity contribution is 6.31. The summed E-state index contributed by atoms with van der Waals surface area (Å²) in [6.45, 7) is 4.19. The van der Waals surface area contributed by atoms with Crippen LogP contribution in [0, 0.1) is 0 Å². The molecule has 0 amide bonds. The zero-order valence-corrected chi connectivity index (χ0v) is 10.2. The van der Waals surface area contributed by atoms with E-state index in [1.54, 1.807) is 0 Å². The number of nitrogens with two attached hydrogens (primary N) is 1. The lowest BCUT2D eigenvalue weighted by Crippen LogP contribution is -2.19. The Bertz CT molecular complexity index is 312. The van der Waals surface area contributed by atoms with Crippen molar-refractivity contribution in [3.05, 3.63) is 28.8 Å². The molecule has 0 aliphatic rings. The number of nitrogens with zero attached hydrogens (tertiary/aromatic N) is 1. The predicted octanol–water partition coefficient (Wildman–Crippen LogP) is 3.15. The van der Waals surface area contributed by atoms with Gasteiger partial charge in [-0.3, -0.25) is 0 Å². The van der Waals surface area contributed by atoms with Crippen molar-refractivity contribution < 1.29 is 0 Å². The molecule has 84 valence electrons. The molecule has 2 N–H and O–H groups in total. The Morgan fingerprint density at radius 1 is 1.40 bits per heavy atom. The van der Waals surface area contributed by atoms with Crippen LogP contribution in [0.5, 0.6) is 0 Å². The minimum Gasteiger partial charge on any atom is -0.399 e. The third kappa shape index (κ3) is 4.10. The van der Waals surface area contributed by atoms with Crippen LogP contribution < -0.4 is 5.73 Å². The van der Waals surface area contributed by atoms with Crippen LogP contribution in [0.25, 0.3) is 0 Å². The smallest absolute Gasteiger partial charge is 0.0471 e. The van der Waals surface area contributed by atoms with E-state index in [9.17, 15) is 0 Å². The second-order valence-corrected chi connectivity index (χ2v) is 4.35. The van der Waals surface area contributed by atoms with Gasteiger partial charge >= 0.3 is 0 Å². The molecule has 0 aliphatic heterocycles. The molecule has 3 heteroatoms. The van der Waals surface area contributed by atoms with Gasteiger partial charge in [0.25, 0.3) is 0 Å². The molecule has 0 fully saturated rings. The molecule has 1 aromatic rings. The first-order valence-electron chi connectivity index (χ1n) is 5.36. The lowest BCUT2D eigenvalue weighted by atomic mass is 10.2. The number of hydrogen-bond acceptors (Lipinski definition) is 2. The van der Waals surface area contributed by atoms with Crippen molar-refractivity contribution in [2.75, 3.05) is 19.3 Å². The summed E-state index contributed by atoms with van der Waals surface area (Å²) in [6.07, 6.45) is 2.45. The average molecular weight is 227 g/mol. The Morgan fingerprint density at radius 3 is 2.73 bits per heavy atom. The fourth-order valence-electron chi connectivity index (χ4n) is 1.49. The van der Waals surface area contributed by atoms with Crippen molar-refractivity contribution >= 4 is 17.3 Å². The van der Waals surface area contributed by atoms with E-state index in [0.29, 0.717) is 0 Å². The molecule has 0 spiro atoms. The third-order valence-electron chi connectivity index (χ3n) is 2.41. The summed E-state index contributed by atoms with van der Waals surface area (Å²) in [6, 6.07) is 5.71. The molecule has 0 saturated carbocycles. The highest BCUT2D eigenvalue weighted by Gasteiger charge is 2.04. The second kappa shape index (κ2) is 5.99. The molecule has 1 aromatic carbocycles. The van der Waals surface area contributed by atoms with Crippen LogP contribution in [0.2, 0.25) is 5.02 Å². The lowest BCUT2D eigenvalue weighted by molar-refractivity contribution is 0.321. The first kappa shape index (κ1) is 12.3. The summed E-state index contributed by atoms with van der Waals surface area (Å²) in [5.41, 5.74) is 7.51. The molecular formula is C12H19ClN2. The quantitative estimate of drug-likeness (QED) is 0.782. The first-order valence-corrected chi connectivity index (χ1v) is 5.73. The van der Waals surface area contributed by atoms with E-state index in [-0.39, 0.29) is 0 Å². The topological polar surface area (TPSA) is 29.3 Å². The van der Waals surface area contributed by atoms with E-state index in [4.69, 9.17) is 17.3 Å². The standard InChI is InChI=1S/C12H19ClN2/c1-3-4-7-15(2)9-10-5-6-11(14)8-12(10)13/h5-6,8H,3-4,7,9,14H2,1-2H3. The number of benzene rings is 1. The molecule has 0 radical (unpaired) electrons. The van der Waals surface area contributed by atoms with Crippen LogP contribution in [0.4, 0.5) is 5.69 Å². The van der Waals surface area contributed by atoms with Gasteiger partial charge < -0.3 is 10.6 Å². The van der Waals surface area contributed by atoms with Crippen LogP contribution in [0.1, 0.15) is 25.3 Å². The van der Waals surface area contributed by atoms with Crippen molar-refractivity contribution in [3.63, 3.8) is 0 Å². The van der Waals surface area contributed by atoms with Gasteiger partial charge in [0.05, 0.1) is 0 Å². The van der Waals surface area contributed by atoms with E-state index in [2.05, 4.69) is 18.9 Å². The van der Waals surface area contributed by atoms with Gasteiger partial charge in [0.2, 0.25) is 0 Å². The number of anilines is 1. The van der Waals surface area contributed by atoms with Crippen molar-refractivity contribution in [2.24, 2.45) is 0 Å². The van der Waals surface area contributed by atoms with E-state index in [1.165, 1.54) is 12.8 Å². The minimum absolute atomic E-state index is 0.722. The summed E-state index contributed by atoms with van der Waals surface area (Å²) in [4.78, 5) is 2.28. The Hall–Kier alpha value is -0.730. The van der Waals surface area contributed by atoms with Crippen LogP contribution >= 0.6 is 11.6 Å². The maximum absolute atomic E-state index is 6.10. The fourth-order valence-corrected chi connectivity index (χ4v) is 1.74. The molecule has 0 saturated heterocycles. The Morgan fingerprint density at radius 2 is 2.13 bits per heavy atom.